The van der Waals surface area contributed by atoms with Crippen molar-refractivity contribution in [3.8, 4) is 0 Å². The van der Waals surface area contributed by atoms with E-state index in [0.29, 0.717) is 6.42 Å². The van der Waals surface area contributed by atoms with Crippen LogP contribution in [-0.2, 0) is 0 Å². The van der Waals surface area contributed by atoms with Gasteiger partial charge in [0, 0.05) is 0 Å². The van der Waals surface area contributed by atoms with Crippen molar-refractivity contribution < 1.29 is 0 Å². The van der Waals surface area contributed by atoms with Crippen molar-refractivity contribution in [2.45, 2.75) is 21.4 Å². The van der Waals surface area contributed by atoms with Crippen LogP contribution in [0.1, 0.15) is 13.3 Å². The Bertz CT molecular complexity index is 61.9. The Morgan fingerprint density at radius 1 is 1.10 bits per heavy atom. The highest BCUT2D eigenvalue weighted by Gasteiger charge is 2.14. The Morgan fingerprint density at radius 2 is 1.20 bits per heavy atom. The van der Waals surface area contributed by atoms with E-state index in [1.807, 2.05) is 6.92 Å². The molecule has 0 saturated carbocycles. The zero-order valence-electron chi connectivity index (χ0n) is 5.05. The molecule has 0 fully saturated rings. The van der Waals surface area contributed by atoms with Crippen molar-refractivity contribution >= 4 is 69.6 Å². The highest BCUT2D eigenvalue weighted by molar-refractivity contribution is 6.67. The summed E-state index contributed by atoms with van der Waals surface area (Å²) in [6, 6.07) is 0. The van der Waals surface area contributed by atoms with Crippen molar-refractivity contribution in [1.29, 1.82) is 0 Å². The van der Waals surface area contributed by atoms with Crippen LogP contribution in [0.4, 0.5) is 0 Å². The molecule has 0 aromatic carbocycles. The zero-order valence-corrected chi connectivity index (χ0v) is 9.59. The highest BCUT2D eigenvalue weighted by Crippen LogP contribution is 2.28. The number of hydrogen-bond donors (Lipinski definition) is 0. The van der Waals surface area contributed by atoms with Gasteiger partial charge in [-0.15, -0.1) is 0 Å². The van der Waals surface area contributed by atoms with Crippen molar-refractivity contribution in [1.82, 2.24) is 0 Å². The molecule has 0 atom stereocenters. The maximum Gasteiger partial charge on any atom is 0.190 e. The molecule has 10 heavy (non-hydrogen) atoms. The average molecular weight is 267 g/mol. The molecule has 0 nitrogen and oxygen atoms in total. The first-order valence-electron chi connectivity index (χ1n) is 2.28. The van der Waals surface area contributed by atoms with Crippen molar-refractivity contribution in [3.63, 3.8) is 0 Å². The largest absolute Gasteiger partial charge is 0.190 e. The quantitative estimate of drug-likeness (QED) is 0.555. The van der Waals surface area contributed by atoms with Gasteiger partial charge < -0.3 is 0 Å². The SMILES string of the molecule is CCC(Cl)(Cl)Cl.ClC(Cl)Cl. The lowest BCUT2D eigenvalue weighted by molar-refractivity contribution is 0.974. The van der Waals surface area contributed by atoms with Crippen LogP contribution in [0.5, 0.6) is 0 Å². The summed E-state index contributed by atoms with van der Waals surface area (Å²) in [5.41, 5.74) is 0. The van der Waals surface area contributed by atoms with E-state index in [9.17, 15) is 0 Å². The van der Waals surface area contributed by atoms with Crippen LogP contribution < -0.4 is 0 Å². The van der Waals surface area contributed by atoms with Crippen molar-refractivity contribution in [2.75, 3.05) is 0 Å². The molecule has 0 spiro atoms. The first kappa shape index (κ1) is 14.3. The van der Waals surface area contributed by atoms with E-state index >= 15 is 0 Å². The zero-order chi connectivity index (χ0) is 8.78. The van der Waals surface area contributed by atoms with Gasteiger partial charge in [0.1, 0.15) is 0 Å². The third-order valence-electron chi connectivity index (χ3n) is 0.401. The Kier molecular flexibility index (Phi) is 10.6. The Hall–Kier alpha value is 1.74. The van der Waals surface area contributed by atoms with Gasteiger partial charge in [-0.25, -0.2) is 0 Å². The summed E-state index contributed by atoms with van der Waals surface area (Å²) >= 11 is 30.2. The third kappa shape index (κ3) is 33.1. The fourth-order valence-electron chi connectivity index (χ4n) is 0. The van der Waals surface area contributed by atoms with Crippen molar-refractivity contribution in [2.24, 2.45) is 0 Å². The minimum Gasteiger partial charge on any atom is -0.0874 e. The summed E-state index contributed by atoms with van der Waals surface area (Å²) in [6.07, 6.45) is 0.567. The standard InChI is InChI=1S/C3H5Cl3.CHCl3/c1-2-3(4,5)6;2-1(3)4/h2H2,1H3;1H. The molecular weight excluding hydrogens is 261 g/mol. The maximum absolute atomic E-state index is 5.25. The van der Waals surface area contributed by atoms with E-state index in [2.05, 4.69) is 0 Å². The number of hydrogen-bond acceptors (Lipinski definition) is 0. The molecule has 0 amide bonds. The summed E-state index contributed by atoms with van der Waals surface area (Å²) < 4.78 is -1.79. The van der Waals surface area contributed by atoms with Gasteiger partial charge in [0.2, 0.25) is 0 Å². The first-order valence-corrected chi connectivity index (χ1v) is 4.73. The lowest BCUT2D eigenvalue weighted by Crippen LogP contribution is -1.95. The van der Waals surface area contributed by atoms with Gasteiger partial charge >= 0.3 is 0 Å². The second-order valence-electron chi connectivity index (χ2n) is 1.22. The van der Waals surface area contributed by atoms with Crippen LogP contribution in [-0.4, -0.2) is 8.09 Å². The van der Waals surface area contributed by atoms with E-state index < -0.39 is 8.09 Å². The van der Waals surface area contributed by atoms with Gasteiger partial charge in [0.15, 0.2) is 8.09 Å². The molecular formula is C4H6Cl6. The molecule has 0 saturated heterocycles. The van der Waals surface area contributed by atoms with Gasteiger partial charge in [0.25, 0.3) is 0 Å². The molecule has 0 unspecified atom stereocenters. The Labute approximate surface area is 90.7 Å². The maximum atomic E-state index is 5.25. The van der Waals surface area contributed by atoms with E-state index in [-0.39, 0.29) is 0 Å². The first-order chi connectivity index (χ1) is 4.29. The monoisotopic (exact) mass is 264 g/mol. The summed E-state index contributed by atoms with van der Waals surface area (Å²) in [6.45, 7) is 1.81. The van der Waals surface area contributed by atoms with Crippen LogP contribution in [0, 0.1) is 0 Å². The third-order valence-corrected chi connectivity index (χ3v) is 1.20. The van der Waals surface area contributed by atoms with Crippen LogP contribution in [0.3, 0.4) is 0 Å². The lowest BCUT2D eigenvalue weighted by Gasteiger charge is -2.02. The van der Waals surface area contributed by atoms with E-state index in [1.54, 1.807) is 0 Å². The second kappa shape index (κ2) is 7.39. The molecule has 0 aromatic rings. The normalized spacial score (nSPS) is 10.8. The summed E-state index contributed by atoms with van der Waals surface area (Å²) in [7, 11) is 0. The predicted molar refractivity (Wildman–Crippen MR) is 51.9 cm³/mol. The molecule has 6 heteroatoms. The Morgan fingerprint density at radius 3 is 1.20 bits per heavy atom. The summed E-state index contributed by atoms with van der Waals surface area (Å²) in [4.78, 5) is 0. The lowest BCUT2D eigenvalue weighted by atomic mass is 10.6. The fourth-order valence-corrected chi connectivity index (χ4v) is 0. The molecule has 0 aliphatic rings. The fraction of sp³-hybridized carbons (Fsp3) is 1.00. The van der Waals surface area contributed by atoms with Crippen LogP contribution >= 0.6 is 69.6 Å². The molecule has 0 aliphatic carbocycles. The topological polar surface area (TPSA) is 0 Å². The summed E-state index contributed by atoms with van der Waals surface area (Å²) in [5, 5.41) is 0. The predicted octanol–water partition coefficient (Wildman–Crippen LogP) is 4.75. The smallest absolute Gasteiger partial charge is 0.0874 e. The molecule has 0 rings (SSSR count). The molecule has 64 valence electrons. The van der Waals surface area contributed by atoms with Crippen LogP contribution in [0.2, 0.25) is 0 Å². The van der Waals surface area contributed by atoms with Crippen molar-refractivity contribution in [3.05, 3.63) is 0 Å². The minimum atomic E-state index is -1.04. The van der Waals surface area contributed by atoms with Crippen LogP contribution in [0.25, 0.3) is 0 Å². The molecule has 0 aromatic heterocycles. The molecule has 0 radical (unpaired) electrons. The molecule has 0 heterocycles. The van der Waals surface area contributed by atoms with E-state index in [4.69, 9.17) is 69.6 Å². The van der Waals surface area contributed by atoms with Gasteiger partial charge in [-0.3, -0.25) is 0 Å². The van der Waals surface area contributed by atoms with Crippen LogP contribution in [0.15, 0.2) is 0 Å². The van der Waals surface area contributed by atoms with Gasteiger partial charge in [0.05, 0.1) is 0 Å². The molecule has 0 aliphatic heterocycles. The number of alkyl halides is 6. The highest BCUT2D eigenvalue weighted by atomic mass is 35.6. The summed E-state index contributed by atoms with van der Waals surface area (Å²) in [5.74, 6) is 0. The van der Waals surface area contributed by atoms with Gasteiger partial charge in [-0.05, 0) is 6.42 Å². The number of halogens is 6. The van der Waals surface area contributed by atoms with E-state index in [0.717, 1.165) is 0 Å². The van der Waals surface area contributed by atoms with E-state index in [1.165, 1.54) is 0 Å². The number of rotatable bonds is 0. The van der Waals surface area contributed by atoms with Gasteiger partial charge in [-0.2, -0.15) is 0 Å². The molecule has 0 N–H and O–H groups in total. The second-order valence-corrected chi connectivity index (χ2v) is 5.71. The van der Waals surface area contributed by atoms with Gasteiger partial charge in [-0.1, -0.05) is 76.5 Å². The Balaban J connectivity index is 0. The molecule has 0 bridgehead atoms. The minimum absolute atomic E-state index is 0.567. The average Bonchev–Trinajstić information content (AvgIpc) is 1.63.